The van der Waals surface area contributed by atoms with E-state index in [2.05, 4.69) is 62.0 Å². The molecule has 194 valence electrons. The predicted molar refractivity (Wildman–Crippen MR) is 158 cm³/mol. The summed E-state index contributed by atoms with van der Waals surface area (Å²) in [5.74, 6) is 1.76. The highest BCUT2D eigenvalue weighted by atomic mass is 79.9. The third-order valence-electron chi connectivity index (χ3n) is 6.92. The molecule has 2 aliphatic heterocycles. The lowest BCUT2D eigenvalue weighted by atomic mass is 9.96. The molecule has 0 unspecified atom stereocenters. The number of ether oxygens (including phenoxy) is 2. The van der Waals surface area contributed by atoms with Gasteiger partial charge in [-0.3, -0.25) is 0 Å². The summed E-state index contributed by atoms with van der Waals surface area (Å²) in [7, 11) is 0. The molecular formula is C30H31Br2ClN2O2. The van der Waals surface area contributed by atoms with Crippen molar-refractivity contribution in [1.29, 1.82) is 0 Å². The van der Waals surface area contributed by atoms with Crippen molar-refractivity contribution in [2.45, 2.75) is 64.1 Å². The predicted octanol–water partition coefficient (Wildman–Crippen LogP) is 9.85. The molecule has 0 saturated carbocycles. The molecule has 0 amide bonds. The number of hydrogen-bond acceptors (Lipinski definition) is 4. The van der Waals surface area contributed by atoms with Gasteiger partial charge in [-0.1, -0.05) is 78.7 Å². The zero-order valence-electron chi connectivity index (χ0n) is 20.9. The minimum atomic E-state index is -0.340. The molecule has 3 aromatic rings. The van der Waals surface area contributed by atoms with Crippen LogP contribution in [0.2, 0.25) is 5.02 Å². The fraction of sp³-hybridized carbons (Fsp3) is 0.367. The highest BCUT2D eigenvalue weighted by Gasteiger charge is 2.42. The van der Waals surface area contributed by atoms with Crippen LogP contribution >= 0.6 is 43.5 Å². The van der Waals surface area contributed by atoms with E-state index in [9.17, 15) is 0 Å². The topological polar surface area (TPSA) is 34.1 Å². The van der Waals surface area contributed by atoms with Crippen LogP contribution in [-0.4, -0.2) is 17.3 Å². The second-order valence-electron chi connectivity index (χ2n) is 9.61. The first-order valence-electron chi connectivity index (χ1n) is 13.0. The third-order valence-corrected chi connectivity index (χ3v) is 8.22. The zero-order chi connectivity index (χ0) is 25.8. The van der Waals surface area contributed by atoms with Gasteiger partial charge in [0.15, 0.2) is 0 Å². The summed E-state index contributed by atoms with van der Waals surface area (Å²) in [6, 6.07) is 20.4. The Morgan fingerprint density at radius 3 is 2.46 bits per heavy atom. The molecule has 0 bridgehead atoms. The van der Waals surface area contributed by atoms with Crippen LogP contribution in [0, 0.1) is 0 Å². The first-order valence-corrected chi connectivity index (χ1v) is 15.0. The maximum absolute atomic E-state index is 6.60. The number of fused-ring (bicyclic) bond motifs is 3. The van der Waals surface area contributed by atoms with Crippen molar-refractivity contribution in [2.75, 3.05) is 6.61 Å². The molecule has 7 heteroatoms. The molecule has 3 aromatic carbocycles. The number of hydrazone groups is 1. The summed E-state index contributed by atoms with van der Waals surface area (Å²) < 4.78 is 14.5. The van der Waals surface area contributed by atoms with Crippen molar-refractivity contribution in [3.63, 3.8) is 0 Å². The Kier molecular flexibility index (Phi) is 8.78. The first-order chi connectivity index (χ1) is 18.0. The Balaban J connectivity index is 1.35. The molecule has 0 spiro atoms. The van der Waals surface area contributed by atoms with Gasteiger partial charge in [0.05, 0.1) is 22.8 Å². The second-order valence-corrected chi connectivity index (χ2v) is 11.8. The van der Waals surface area contributed by atoms with Crippen LogP contribution in [0.4, 0.5) is 0 Å². The number of nitrogens with zero attached hydrogens (tertiary/aromatic N) is 2. The quantitative estimate of drug-likeness (QED) is 0.206. The van der Waals surface area contributed by atoms with Gasteiger partial charge >= 0.3 is 0 Å². The van der Waals surface area contributed by atoms with E-state index in [0.29, 0.717) is 0 Å². The summed E-state index contributed by atoms with van der Waals surface area (Å²) in [5.41, 5.74) is 4.26. The van der Waals surface area contributed by atoms with Crippen LogP contribution in [0.3, 0.4) is 0 Å². The lowest BCUT2D eigenvalue weighted by molar-refractivity contribution is -0.0197. The lowest BCUT2D eigenvalue weighted by Crippen LogP contribution is -2.33. The van der Waals surface area contributed by atoms with E-state index < -0.39 is 0 Å². The Morgan fingerprint density at radius 1 is 0.973 bits per heavy atom. The van der Waals surface area contributed by atoms with Gasteiger partial charge in [0.2, 0.25) is 6.23 Å². The van der Waals surface area contributed by atoms with Crippen LogP contribution < -0.4 is 9.47 Å². The van der Waals surface area contributed by atoms with E-state index in [1.807, 2.05) is 42.5 Å². The average Bonchev–Trinajstić information content (AvgIpc) is 3.35. The number of benzene rings is 3. The van der Waals surface area contributed by atoms with E-state index in [4.69, 9.17) is 26.2 Å². The summed E-state index contributed by atoms with van der Waals surface area (Å²) in [6.07, 6.45) is 7.98. The minimum Gasteiger partial charge on any atom is -0.494 e. The molecule has 0 radical (unpaired) electrons. The zero-order valence-corrected chi connectivity index (χ0v) is 24.9. The van der Waals surface area contributed by atoms with Gasteiger partial charge in [-0.15, -0.1) is 0 Å². The SMILES string of the molecule is CCCCCCCCOc1ccc([C@H]2Oc3c(Br)cc(Br)cc3[C@H]3CC(c4ccc(Cl)cc4)=NN32)cc1. The standard InChI is InChI=1S/C30H31Br2ClN2O2/c1-2-3-4-5-6-7-16-36-24-14-10-21(11-15-24)30-35-28(25-17-22(31)18-26(32)29(25)37-30)19-27(34-35)20-8-12-23(33)13-9-20/h8-15,17-18,28,30H,2-7,16,19H2,1H3/t28-,30-/m1/s1. The summed E-state index contributed by atoms with van der Waals surface area (Å²) in [4.78, 5) is 0. The molecule has 0 fully saturated rings. The second kappa shape index (κ2) is 12.2. The van der Waals surface area contributed by atoms with Gasteiger partial charge in [0.1, 0.15) is 11.5 Å². The van der Waals surface area contributed by atoms with E-state index in [-0.39, 0.29) is 12.3 Å². The Morgan fingerprint density at radius 2 is 1.70 bits per heavy atom. The molecule has 2 heterocycles. The van der Waals surface area contributed by atoms with Gasteiger partial charge in [-0.2, -0.15) is 5.10 Å². The largest absolute Gasteiger partial charge is 0.494 e. The number of halogens is 3. The molecule has 4 nitrogen and oxygen atoms in total. The molecule has 37 heavy (non-hydrogen) atoms. The van der Waals surface area contributed by atoms with Gasteiger partial charge in [-0.05, 0) is 76.4 Å². The van der Waals surface area contributed by atoms with Gasteiger partial charge in [-0.25, -0.2) is 5.01 Å². The number of rotatable bonds is 10. The molecule has 2 atom stereocenters. The van der Waals surface area contributed by atoms with Crippen molar-refractivity contribution in [3.05, 3.63) is 91.3 Å². The van der Waals surface area contributed by atoms with Crippen molar-refractivity contribution >= 4 is 49.2 Å². The summed E-state index contributed by atoms with van der Waals surface area (Å²) in [5, 5.41) is 7.87. The normalized spacial score (nSPS) is 18.2. The minimum absolute atomic E-state index is 0.0665. The van der Waals surface area contributed by atoms with Crippen LogP contribution in [0.5, 0.6) is 11.5 Å². The highest BCUT2D eigenvalue weighted by molar-refractivity contribution is 9.11. The van der Waals surface area contributed by atoms with Crippen molar-refractivity contribution < 1.29 is 9.47 Å². The molecule has 0 saturated heterocycles. The summed E-state index contributed by atoms with van der Waals surface area (Å²) in [6.45, 7) is 3.00. The van der Waals surface area contributed by atoms with Crippen LogP contribution in [0.1, 0.15) is 80.8 Å². The van der Waals surface area contributed by atoms with Crippen molar-refractivity contribution in [1.82, 2.24) is 5.01 Å². The van der Waals surface area contributed by atoms with Crippen molar-refractivity contribution in [2.24, 2.45) is 5.10 Å². The third kappa shape index (κ3) is 6.18. The van der Waals surface area contributed by atoms with E-state index >= 15 is 0 Å². The van der Waals surface area contributed by atoms with E-state index in [1.165, 1.54) is 32.1 Å². The fourth-order valence-corrected chi connectivity index (χ4v) is 6.43. The van der Waals surface area contributed by atoms with Crippen LogP contribution in [0.15, 0.2) is 74.7 Å². The average molecular weight is 647 g/mol. The van der Waals surface area contributed by atoms with E-state index in [1.54, 1.807) is 0 Å². The number of unbranched alkanes of at least 4 members (excludes halogenated alkanes) is 5. The van der Waals surface area contributed by atoms with E-state index in [0.717, 1.165) is 67.3 Å². The van der Waals surface area contributed by atoms with Crippen LogP contribution in [0.25, 0.3) is 0 Å². The molecule has 0 aromatic heterocycles. The Labute approximate surface area is 241 Å². The molecular weight excluding hydrogens is 616 g/mol. The van der Waals surface area contributed by atoms with Gasteiger partial charge in [0.25, 0.3) is 0 Å². The smallest absolute Gasteiger partial charge is 0.213 e. The Bertz CT molecular complexity index is 1250. The maximum Gasteiger partial charge on any atom is 0.213 e. The van der Waals surface area contributed by atoms with Gasteiger partial charge in [0, 0.05) is 27.0 Å². The molecule has 5 rings (SSSR count). The first kappa shape index (κ1) is 26.6. The Hall–Kier alpha value is -2.02. The molecule has 0 N–H and O–H groups in total. The molecule has 0 aliphatic carbocycles. The lowest BCUT2D eigenvalue weighted by Gasteiger charge is -2.38. The highest BCUT2D eigenvalue weighted by Crippen LogP contribution is 2.51. The van der Waals surface area contributed by atoms with Crippen molar-refractivity contribution in [3.8, 4) is 11.5 Å². The monoisotopic (exact) mass is 644 g/mol. The fourth-order valence-electron chi connectivity index (χ4n) is 4.95. The van der Waals surface area contributed by atoms with Crippen LogP contribution in [-0.2, 0) is 0 Å². The number of hydrogen-bond donors (Lipinski definition) is 0. The van der Waals surface area contributed by atoms with Gasteiger partial charge < -0.3 is 9.47 Å². The molecule has 2 aliphatic rings. The summed E-state index contributed by atoms with van der Waals surface area (Å²) >= 11 is 13.5. The maximum atomic E-state index is 6.60.